The Kier molecular flexibility index (Phi) is 5.49. The summed E-state index contributed by atoms with van der Waals surface area (Å²) in [5, 5.41) is 3.09. The number of hydrogen-bond acceptors (Lipinski definition) is 2. The molecule has 1 rings (SSSR count). The van der Waals surface area contributed by atoms with Gasteiger partial charge in [-0.05, 0) is 24.5 Å². The van der Waals surface area contributed by atoms with Crippen LogP contribution in [0.4, 0.5) is 0 Å². The molecule has 4 nitrogen and oxygen atoms in total. The molecule has 4 heteroatoms. The highest BCUT2D eigenvalue weighted by atomic mass is 16.5. The zero-order chi connectivity index (χ0) is 13.5. The predicted molar refractivity (Wildman–Crippen MR) is 75.9 cm³/mol. The standard InChI is InChI=1S/C14H23N3O/c1-10(2)8-16-14(15)17-9-12-6-5-11(3)7-13(12)18-4/h5-7,10H,8-9H2,1-4H3,(H3,15,16,17). The molecule has 3 N–H and O–H groups in total. The number of aliphatic imine (C=N–C) groups is 1. The molecular weight excluding hydrogens is 226 g/mol. The number of guanidine groups is 1. The Morgan fingerprint density at radius 3 is 2.78 bits per heavy atom. The van der Waals surface area contributed by atoms with Crippen molar-refractivity contribution in [3.05, 3.63) is 29.3 Å². The van der Waals surface area contributed by atoms with E-state index in [4.69, 9.17) is 10.5 Å². The van der Waals surface area contributed by atoms with Crippen LogP contribution in [-0.2, 0) is 6.54 Å². The van der Waals surface area contributed by atoms with E-state index in [0.717, 1.165) is 17.9 Å². The molecule has 0 spiro atoms. The number of nitrogens with one attached hydrogen (secondary N) is 1. The second kappa shape index (κ2) is 6.89. The van der Waals surface area contributed by atoms with Gasteiger partial charge in [-0.1, -0.05) is 26.0 Å². The molecule has 0 unspecified atom stereocenters. The summed E-state index contributed by atoms with van der Waals surface area (Å²) in [6.07, 6.45) is 0. The summed E-state index contributed by atoms with van der Waals surface area (Å²) >= 11 is 0. The van der Waals surface area contributed by atoms with Gasteiger partial charge in [-0.2, -0.15) is 0 Å². The number of hydrogen-bond donors (Lipinski definition) is 2. The highest BCUT2D eigenvalue weighted by Crippen LogP contribution is 2.20. The van der Waals surface area contributed by atoms with Gasteiger partial charge in [0.05, 0.1) is 13.7 Å². The molecule has 0 bridgehead atoms. The summed E-state index contributed by atoms with van der Waals surface area (Å²) in [5.41, 5.74) is 8.00. The molecule has 0 saturated carbocycles. The summed E-state index contributed by atoms with van der Waals surface area (Å²) in [6, 6.07) is 6.07. The van der Waals surface area contributed by atoms with Crippen LogP contribution in [0.2, 0.25) is 0 Å². The average Bonchev–Trinajstić information content (AvgIpc) is 2.34. The lowest BCUT2D eigenvalue weighted by atomic mass is 10.1. The Morgan fingerprint density at radius 1 is 1.44 bits per heavy atom. The number of methoxy groups -OCH3 is 1. The Labute approximate surface area is 109 Å². The van der Waals surface area contributed by atoms with Gasteiger partial charge in [-0.15, -0.1) is 0 Å². The molecule has 0 atom stereocenters. The first-order chi connectivity index (χ1) is 8.52. The van der Waals surface area contributed by atoms with Crippen molar-refractivity contribution < 1.29 is 4.74 Å². The van der Waals surface area contributed by atoms with Gasteiger partial charge in [0.25, 0.3) is 0 Å². The normalized spacial score (nSPS) is 11.7. The topological polar surface area (TPSA) is 59.6 Å². The lowest BCUT2D eigenvalue weighted by Crippen LogP contribution is -2.34. The van der Waals surface area contributed by atoms with E-state index >= 15 is 0 Å². The van der Waals surface area contributed by atoms with Crippen LogP contribution in [0.25, 0.3) is 0 Å². The van der Waals surface area contributed by atoms with Crippen LogP contribution in [0.3, 0.4) is 0 Å². The maximum absolute atomic E-state index is 5.79. The first-order valence-corrected chi connectivity index (χ1v) is 6.20. The summed E-state index contributed by atoms with van der Waals surface area (Å²) in [4.78, 5) is 4.31. The molecule has 1 aromatic carbocycles. The van der Waals surface area contributed by atoms with E-state index in [0.29, 0.717) is 18.4 Å². The summed E-state index contributed by atoms with van der Waals surface area (Å²) in [6.45, 7) is 7.65. The average molecular weight is 249 g/mol. The lowest BCUT2D eigenvalue weighted by Gasteiger charge is -2.10. The number of nitrogens with two attached hydrogens (primary N) is 1. The van der Waals surface area contributed by atoms with Gasteiger partial charge >= 0.3 is 0 Å². The van der Waals surface area contributed by atoms with E-state index < -0.39 is 0 Å². The van der Waals surface area contributed by atoms with Crippen LogP contribution in [0.5, 0.6) is 5.75 Å². The van der Waals surface area contributed by atoms with E-state index in [1.165, 1.54) is 5.56 Å². The Morgan fingerprint density at radius 2 is 2.17 bits per heavy atom. The van der Waals surface area contributed by atoms with Gasteiger partial charge in [0, 0.05) is 12.1 Å². The van der Waals surface area contributed by atoms with Gasteiger partial charge in [-0.3, -0.25) is 0 Å². The van der Waals surface area contributed by atoms with Crippen molar-refractivity contribution in [3.63, 3.8) is 0 Å². The largest absolute Gasteiger partial charge is 0.496 e. The SMILES string of the molecule is COc1cc(C)ccc1CN=C(N)NCC(C)C. The van der Waals surface area contributed by atoms with Crippen molar-refractivity contribution in [1.82, 2.24) is 5.32 Å². The lowest BCUT2D eigenvalue weighted by molar-refractivity contribution is 0.409. The minimum absolute atomic E-state index is 0.478. The molecule has 0 amide bonds. The van der Waals surface area contributed by atoms with Crippen LogP contribution in [0.15, 0.2) is 23.2 Å². The monoisotopic (exact) mass is 249 g/mol. The van der Waals surface area contributed by atoms with E-state index in [1.54, 1.807) is 7.11 Å². The maximum Gasteiger partial charge on any atom is 0.188 e. The molecule has 0 aromatic heterocycles. The third kappa shape index (κ3) is 4.65. The van der Waals surface area contributed by atoms with E-state index in [1.807, 2.05) is 25.1 Å². The molecule has 0 aliphatic rings. The summed E-state index contributed by atoms with van der Waals surface area (Å²) < 4.78 is 5.33. The zero-order valence-corrected chi connectivity index (χ0v) is 11.7. The van der Waals surface area contributed by atoms with Crippen LogP contribution < -0.4 is 15.8 Å². The number of benzene rings is 1. The third-order valence-electron chi connectivity index (χ3n) is 2.55. The van der Waals surface area contributed by atoms with Gasteiger partial charge in [-0.25, -0.2) is 4.99 Å². The van der Waals surface area contributed by atoms with Crippen molar-refractivity contribution in [1.29, 1.82) is 0 Å². The Bertz CT molecular complexity index is 414. The van der Waals surface area contributed by atoms with Crippen molar-refractivity contribution >= 4 is 5.96 Å². The van der Waals surface area contributed by atoms with Crippen LogP contribution in [0, 0.1) is 12.8 Å². The number of rotatable bonds is 5. The fourth-order valence-corrected chi connectivity index (χ4v) is 1.52. The fourth-order valence-electron chi connectivity index (χ4n) is 1.52. The zero-order valence-electron chi connectivity index (χ0n) is 11.7. The number of nitrogens with zero attached hydrogens (tertiary/aromatic N) is 1. The second-order valence-electron chi connectivity index (χ2n) is 4.79. The highest BCUT2D eigenvalue weighted by Gasteiger charge is 2.02. The fraction of sp³-hybridized carbons (Fsp3) is 0.500. The van der Waals surface area contributed by atoms with E-state index in [-0.39, 0.29) is 0 Å². The molecule has 1 aromatic rings. The first-order valence-electron chi connectivity index (χ1n) is 6.20. The molecule has 0 aliphatic carbocycles. The molecule has 0 fully saturated rings. The van der Waals surface area contributed by atoms with Gasteiger partial charge in [0.1, 0.15) is 5.75 Å². The minimum atomic E-state index is 0.478. The molecule has 0 saturated heterocycles. The van der Waals surface area contributed by atoms with Gasteiger partial charge in [0.15, 0.2) is 5.96 Å². The van der Waals surface area contributed by atoms with Gasteiger partial charge < -0.3 is 15.8 Å². The van der Waals surface area contributed by atoms with Crippen LogP contribution >= 0.6 is 0 Å². The van der Waals surface area contributed by atoms with Crippen molar-refractivity contribution in [2.24, 2.45) is 16.6 Å². The first kappa shape index (κ1) is 14.4. The van der Waals surface area contributed by atoms with Crippen molar-refractivity contribution in [2.45, 2.75) is 27.3 Å². The Hall–Kier alpha value is -1.71. The third-order valence-corrected chi connectivity index (χ3v) is 2.55. The predicted octanol–water partition coefficient (Wildman–Crippen LogP) is 2.06. The molecule has 0 radical (unpaired) electrons. The molecule has 100 valence electrons. The van der Waals surface area contributed by atoms with Crippen LogP contribution in [-0.4, -0.2) is 19.6 Å². The highest BCUT2D eigenvalue weighted by molar-refractivity contribution is 5.77. The maximum atomic E-state index is 5.79. The van der Waals surface area contributed by atoms with E-state index in [2.05, 4.69) is 24.2 Å². The summed E-state index contributed by atoms with van der Waals surface area (Å²) in [7, 11) is 1.67. The molecular formula is C14H23N3O. The van der Waals surface area contributed by atoms with Crippen molar-refractivity contribution in [2.75, 3.05) is 13.7 Å². The van der Waals surface area contributed by atoms with Gasteiger partial charge in [0.2, 0.25) is 0 Å². The van der Waals surface area contributed by atoms with Crippen LogP contribution in [0.1, 0.15) is 25.0 Å². The van der Waals surface area contributed by atoms with Crippen molar-refractivity contribution in [3.8, 4) is 5.75 Å². The molecule has 18 heavy (non-hydrogen) atoms. The van der Waals surface area contributed by atoms with E-state index in [9.17, 15) is 0 Å². The Balaban J connectivity index is 2.64. The smallest absolute Gasteiger partial charge is 0.188 e. The molecule has 0 aliphatic heterocycles. The molecule has 0 heterocycles. The second-order valence-corrected chi connectivity index (χ2v) is 4.79. The quantitative estimate of drug-likeness (QED) is 0.620. The number of aryl methyl sites for hydroxylation is 1. The minimum Gasteiger partial charge on any atom is -0.496 e. The number of ether oxygens (including phenoxy) is 1. The summed E-state index contributed by atoms with van der Waals surface area (Å²) in [5.74, 6) is 1.88.